The number of rotatable bonds is 1. The van der Waals surface area contributed by atoms with Gasteiger partial charge in [0, 0.05) is 28.8 Å². The van der Waals surface area contributed by atoms with Gasteiger partial charge in [0.1, 0.15) is 0 Å². The van der Waals surface area contributed by atoms with E-state index in [1.807, 2.05) is 6.92 Å². The van der Waals surface area contributed by atoms with Crippen molar-refractivity contribution in [3.05, 3.63) is 27.7 Å². The number of anilines is 1. The first-order chi connectivity index (χ1) is 8.99. The lowest BCUT2D eigenvalue weighted by Crippen LogP contribution is -2.37. The minimum Gasteiger partial charge on any atom is -0.398 e. The number of nitrogen functional groups attached to an aromatic ring is 1. The van der Waals surface area contributed by atoms with E-state index < -0.39 is 0 Å². The van der Waals surface area contributed by atoms with Crippen LogP contribution in [0.25, 0.3) is 0 Å². The summed E-state index contributed by atoms with van der Waals surface area (Å²) in [6.07, 6.45) is 0.764. The molecule has 0 aliphatic carbocycles. The standard InChI is InChI=1S/C13H16BrN3O2/c1-8-10(5-9(14)6-11(8)15)13(19)17-4-2-3-16-12(18)7-17/h5-6H,2-4,7,15H2,1H3,(H,16,18). The van der Waals surface area contributed by atoms with Gasteiger partial charge in [-0.2, -0.15) is 0 Å². The van der Waals surface area contributed by atoms with Gasteiger partial charge in [-0.05, 0) is 31.0 Å². The van der Waals surface area contributed by atoms with Crippen molar-refractivity contribution in [1.29, 1.82) is 0 Å². The van der Waals surface area contributed by atoms with Gasteiger partial charge in [-0.3, -0.25) is 9.59 Å². The van der Waals surface area contributed by atoms with Gasteiger partial charge in [0.2, 0.25) is 5.91 Å². The number of nitrogens with one attached hydrogen (secondary N) is 1. The molecule has 1 fully saturated rings. The molecule has 6 heteroatoms. The summed E-state index contributed by atoms with van der Waals surface area (Å²) < 4.78 is 0.762. The molecule has 19 heavy (non-hydrogen) atoms. The fraction of sp³-hybridized carbons (Fsp3) is 0.385. The third-order valence-electron chi connectivity index (χ3n) is 3.19. The van der Waals surface area contributed by atoms with E-state index >= 15 is 0 Å². The molecule has 0 radical (unpaired) electrons. The summed E-state index contributed by atoms with van der Waals surface area (Å²) in [6.45, 7) is 3.10. The largest absolute Gasteiger partial charge is 0.398 e. The second-order valence-corrected chi connectivity index (χ2v) is 5.51. The van der Waals surface area contributed by atoms with Crippen LogP contribution in [0.3, 0.4) is 0 Å². The molecule has 1 heterocycles. The molecular weight excluding hydrogens is 310 g/mol. The lowest BCUT2D eigenvalue weighted by Gasteiger charge is -2.20. The number of amides is 2. The molecule has 0 spiro atoms. The molecule has 3 N–H and O–H groups in total. The molecule has 1 aromatic rings. The van der Waals surface area contributed by atoms with Crippen molar-refractivity contribution in [2.24, 2.45) is 0 Å². The third-order valence-corrected chi connectivity index (χ3v) is 3.65. The second-order valence-electron chi connectivity index (χ2n) is 4.60. The zero-order chi connectivity index (χ0) is 14.0. The lowest BCUT2D eigenvalue weighted by molar-refractivity contribution is -0.121. The maximum Gasteiger partial charge on any atom is 0.254 e. The fourth-order valence-corrected chi connectivity index (χ4v) is 2.55. The minimum atomic E-state index is -0.150. The maximum absolute atomic E-state index is 12.5. The Balaban J connectivity index is 2.30. The third kappa shape index (κ3) is 3.07. The number of halogens is 1. The van der Waals surface area contributed by atoms with Gasteiger partial charge in [-0.15, -0.1) is 0 Å². The Morgan fingerprint density at radius 2 is 2.21 bits per heavy atom. The van der Waals surface area contributed by atoms with Gasteiger partial charge >= 0.3 is 0 Å². The zero-order valence-corrected chi connectivity index (χ0v) is 12.3. The minimum absolute atomic E-state index is 0.102. The maximum atomic E-state index is 12.5. The average Bonchev–Trinajstić information content (AvgIpc) is 2.57. The van der Waals surface area contributed by atoms with E-state index in [1.165, 1.54) is 0 Å². The van der Waals surface area contributed by atoms with Crippen molar-refractivity contribution in [2.75, 3.05) is 25.4 Å². The number of hydrogen-bond donors (Lipinski definition) is 2. The van der Waals surface area contributed by atoms with Crippen LogP contribution < -0.4 is 11.1 Å². The van der Waals surface area contributed by atoms with E-state index in [2.05, 4.69) is 21.2 Å². The summed E-state index contributed by atoms with van der Waals surface area (Å²) in [4.78, 5) is 25.6. The fourth-order valence-electron chi connectivity index (χ4n) is 2.07. The van der Waals surface area contributed by atoms with E-state index in [-0.39, 0.29) is 18.4 Å². The first-order valence-electron chi connectivity index (χ1n) is 6.10. The molecular formula is C13H16BrN3O2. The van der Waals surface area contributed by atoms with Gasteiger partial charge < -0.3 is 16.0 Å². The monoisotopic (exact) mass is 325 g/mol. The van der Waals surface area contributed by atoms with Crippen LogP contribution in [0.4, 0.5) is 5.69 Å². The number of benzene rings is 1. The summed E-state index contributed by atoms with van der Waals surface area (Å²) >= 11 is 3.34. The predicted molar refractivity (Wildman–Crippen MR) is 76.8 cm³/mol. The lowest BCUT2D eigenvalue weighted by atomic mass is 10.1. The molecule has 102 valence electrons. The summed E-state index contributed by atoms with van der Waals surface area (Å²) in [6, 6.07) is 3.51. The number of hydrogen-bond acceptors (Lipinski definition) is 3. The Bertz CT molecular complexity index is 531. The van der Waals surface area contributed by atoms with Crippen LogP contribution >= 0.6 is 15.9 Å². The summed E-state index contributed by atoms with van der Waals surface area (Å²) in [5.41, 5.74) is 7.72. The van der Waals surface area contributed by atoms with Crippen molar-refractivity contribution in [3.63, 3.8) is 0 Å². The van der Waals surface area contributed by atoms with E-state index in [9.17, 15) is 9.59 Å². The van der Waals surface area contributed by atoms with Crippen molar-refractivity contribution >= 4 is 33.4 Å². The number of carbonyl (C=O) groups excluding carboxylic acids is 2. The van der Waals surface area contributed by atoms with Gasteiger partial charge in [0.25, 0.3) is 5.91 Å². The highest BCUT2D eigenvalue weighted by molar-refractivity contribution is 9.10. The van der Waals surface area contributed by atoms with Gasteiger partial charge in [-0.1, -0.05) is 15.9 Å². The number of nitrogens with zero attached hydrogens (tertiary/aromatic N) is 1. The van der Waals surface area contributed by atoms with E-state index in [0.717, 1.165) is 16.5 Å². The topological polar surface area (TPSA) is 75.4 Å². The van der Waals surface area contributed by atoms with Crippen molar-refractivity contribution in [1.82, 2.24) is 10.2 Å². The quantitative estimate of drug-likeness (QED) is 0.764. The SMILES string of the molecule is Cc1c(N)cc(Br)cc1C(=O)N1CCCNC(=O)C1. The number of carbonyl (C=O) groups is 2. The molecule has 1 aliphatic heterocycles. The van der Waals surface area contributed by atoms with Gasteiger partial charge in [-0.25, -0.2) is 0 Å². The number of nitrogens with two attached hydrogens (primary N) is 1. The molecule has 0 unspecified atom stereocenters. The summed E-state index contributed by atoms with van der Waals surface area (Å²) in [5.74, 6) is -0.269. The van der Waals surface area contributed by atoms with Crippen LogP contribution in [-0.4, -0.2) is 36.3 Å². The first-order valence-corrected chi connectivity index (χ1v) is 6.90. The zero-order valence-electron chi connectivity index (χ0n) is 10.7. The Kier molecular flexibility index (Phi) is 4.09. The molecule has 0 saturated carbocycles. The van der Waals surface area contributed by atoms with Gasteiger partial charge in [0.05, 0.1) is 6.54 Å². The molecule has 0 atom stereocenters. The Morgan fingerprint density at radius 3 is 2.95 bits per heavy atom. The summed E-state index contributed by atoms with van der Waals surface area (Å²) in [5, 5.41) is 2.75. The van der Waals surface area contributed by atoms with E-state index in [4.69, 9.17) is 5.73 Å². The summed E-state index contributed by atoms with van der Waals surface area (Å²) in [7, 11) is 0. The Hall–Kier alpha value is -1.56. The molecule has 2 rings (SSSR count). The smallest absolute Gasteiger partial charge is 0.254 e. The van der Waals surface area contributed by atoms with Crippen LogP contribution in [0.5, 0.6) is 0 Å². The van der Waals surface area contributed by atoms with Crippen LogP contribution in [-0.2, 0) is 4.79 Å². The molecule has 1 aliphatic rings. The molecule has 2 amide bonds. The molecule has 1 saturated heterocycles. The molecule has 0 aromatic heterocycles. The van der Waals surface area contributed by atoms with Crippen molar-refractivity contribution < 1.29 is 9.59 Å². The van der Waals surface area contributed by atoms with E-state index in [0.29, 0.717) is 24.3 Å². The van der Waals surface area contributed by atoms with Crippen LogP contribution in [0, 0.1) is 6.92 Å². The Labute approximate surface area is 120 Å². The van der Waals surface area contributed by atoms with Crippen LogP contribution in [0.1, 0.15) is 22.3 Å². The molecule has 1 aromatic carbocycles. The van der Waals surface area contributed by atoms with Crippen molar-refractivity contribution in [3.8, 4) is 0 Å². The molecule has 0 bridgehead atoms. The average molecular weight is 326 g/mol. The highest BCUT2D eigenvalue weighted by Gasteiger charge is 2.23. The van der Waals surface area contributed by atoms with Crippen LogP contribution in [0.15, 0.2) is 16.6 Å². The van der Waals surface area contributed by atoms with E-state index in [1.54, 1.807) is 17.0 Å². The van der Waals surface area contributed by atoms with Crippen LogP contribution in [0.2, 0.25) is 0 Å². The highest BCUT2D eigenvalue weighted by atomic mass is 79.9. The predicted octanol–water partition coefficient (Wildman–Crippen LogP) is 1.30. The second kappa shape index (κ2) is 5.61. The Morgan fingerprint density at radius 1 is 1.47 bits per heavy atom. The molecule has 5 nitrogen and oxygen atoms in total. The van der Waals surface area contributed by atoms with Crippen molar-refractivity contribution in [2.45, 2.75) is 13.3 Å². The normalized spacial score (nSPS) is 15.9. The highest BCUT2D eigenvalue weighted by Crippen LogP contribution is 2.24. The van der Waals surface area contributed by atoms with Gasteiger partial charge in [0.15, 0.2) is 0 Å². The first kappa shape index (κ1) is 13.9.